The smallest absolute Gasteiger partial charge is 0.119 e. The third-order valence-corrected chi connectivity index (χ3v) is 4.93. The Labute approximate surface area is 169 Å². The standard InChI is InChI=1S/C26H29NO/c1-3-27(4-2)19-20-28-25-17-15-22(16-18-25)21-26(23-11-7-5-8-12-23)24-13-9-6-10-14-24/h5-18,21H,3-4,19-20H2,1-2H3. The van der Waals surface area contributed by atoms with Gasteiger partial charge in [0.05, 0.1) is 0 Å². The Hall–Kier alpha value is -2.84. The average Bonchev–Trinajstić information content (AvgIpc) is 2.77. The fourth-order valence-electron chi connectivity index (χ4n) is 3.23. The summed E-state index contributed by atoms with van der Waals surface area (Å²) in [5, 5.41) is 0. The Morgan fingerprint density at radius 2 is 1.29 bits per heavy atom. The van der Waals surface area contributed by atoms with E-state index in [-0.39, 0.29) is 0 Å². The van der Waals surface area contributed by atoms with E-state index in [0.29, 0.717) is 0 Å². The molecule has 0 amide bonds. The van der Waals surface area contributed by atoms with E-state index in [2.05, 4.69) is 110 Å². The van der Waals surface area contributed by atoms with Gasteiger partial charge in [-0.25, -0.2) is 0 Å². The molecular weight excluding hydrogens is 342 g/mol. The van der Waals surface area contributed by atoms with E-state index in [9.17, 15) is 0 Å². The highest BCUT2D eigenvalue weighted by molar-refractivity contribution is 5.91. The van der Waals surface area contributed by atoms with Gasteiger partial charge < -0.3 is 9.64 Å². The second kappa shape index (κ2) is 10.5. The molecule has 0 aromatic heterocycles. The first kappa shape index (κ1) is 19.9. The van der Waals surface area contributed by atoms with Crippen LogP contribution in [-0.4, -0.2) is 31.1 Å². The lowest BCUT2D eigenvalue weighted by Gasteiger charge is -2.18. The van der Waals surface area contributed by atoms with Gasteiger partial charge in [-0.2, -0.15) is 0 Å². The maximum absolute atomic E-state index is 5.91. The summed E-state index contributed by atoms with van der Waals surface area (Å²) in [4.78, 5) is 2.36. The quantitative estimate of drug-likeness (QED) is 0.428. The molecule has 2 nitrogen and oxygen atoms in total. The van der Waals surface area contributed by atoms with Gasteiger partial charge in [-0.1, -0.05) is 86.6 Å². The van der Waals surface area contributed by atoms with Crippen LogP contribution in [0.3, 0.4) is 0 Å². The molecular formula is C26H29NO. The molecule has 2 heteroatoms. The molecule has 0 radical (unpaired) electrons. The number of hydrogen-bond donors (Lipinski definition) is 0. The van der Waals surface area contributed by atoms with Crippen molar-refractivity contribution in [2.24, 2.45) is 0 Å². The van der Waals surface area contributed by atoms with Crippen molar-refractivity contribution in [3.63, 3.8) is 0 Å². The van der Waals surface area contributed by atoms with E-state index < -0.39 is 0 Å². The normalized spacial score (nSPS) is 10.7. The van der Waals surface area contributed by atoms with Crippen LogP contribution in [0.2, 0.25) is 0 Å². The van der Waals surface area contributed by atoms with Gasteiger partial charge in [0.1, 0.15) is 12.4 Å². The fraction of sp³-hybridized carbons (Fsp3) is 0.231. The van der Waals surface area contributed by atoms with Gasteiger partial charge in [0.15, 0.2) is 0 Å². The van der Waals surface area contributed by atoms with Gasteiger partial charge in [0, 0.05) is 6.54 Å². The van der Waals surface area contributed by atoms with Gasteiger partial charge >= 0.3 is 0 Å². The molecule has 3 aromatic rings. The highest BCUT2D eigenvalue weighted by Gasteiger charge is 2.05. The fourth-order valence-corrected chi connectivity index (χ4v) is 3.23. The van der Waals surface area contributed by atoms with Gasteiger partial charge in [0.25, 0.3) is 0 Å². The molecule has 144 valence electrons. The molecule has 3 aromatic carbocycles. The molecule has 0 atom stereocenters. The van der Waals surface area contributed by atoms with Gasteiger partial charge in [-0.3, -0.25) is 0 Å². The molecule has 0 saturated carbocycles. The molecule has 0 heterocycles. The van der Waals surface area contributed by atoms with Crippen molar-refractivity contribution in [3.05, 3.63) is 102 Å². The molecule has 0 N–H and O–H groups in total. The third kappa shape index (κ3) is 5.58. The minimum atomic E-state index is 0.718. The zero-order valence-electron chi connectivity index (χ0n) is 16.8. The Balaban J connectivity index is 1.76. The summed E-state index contributed by atoms with van der Waals surface area (Å²) in [7, 11) is 0. The first-order valence-electron chi connectivity index (χ1n) is 10.1. The van der Waals surface area contributed by atoms with Crippen molar-refractivity contribution in [2.75, 3.05) is 26.2 Å². The largest absolute Gasteiger partial charge is 0.492 e. The van der Waals surface area contributed by atoms with Crippen LogP contribution in [0.1, 0.15) is 30.5 Å². The molecule has 0 aliphatic carbocycles. The van der Waals surface area contributed by atoms with Gasteiger partial charge in [0.2, 0.25) is 0 Å². The lowest BCUT2D eigenvalue weighted by molar-refractivity contribution is 0.223. The van der Waals surface area contributed by atoms with Crippen LogP contribution in [0.4, 0.5) is 0 Å². The third-order valence-electron chi connectivity index (χ3n) is 4.93. The topological polar surface area (TPSA) is 12.5 Å². The van der Waals surface area contributed by atoms with Crippen LogP contribution < -0.4 is 4.74 Å². The number of ether oxygens (including phenoxy) is 1. The molecule has 28 heavy (non-hydrogen) atoms. The van der Waals surface area contributed by atoms with E-state index in [0.717, 1.165) is 32.0 Å². The van der Waals surface area contributed by atoms with Crippen molar-refractivity contribution >= 4 is 11.6 Å². The predicted octanol–water partition coefficient (Wildman–Crippen LogP) is 6.00. The summed E-state index contributed by atoms with van der Waals surface area (Å²) < 4.78 is 5.91. The minimum absolute atomic E-state index is 0.718. The maximum Gasteiger partial charge on any atom is 0.119 e. The van der Waals surface area contributed by atoms with Crippen molar-refractivity contribution < 1.29 is 4.74 Å². The predicted molar refractivity (Wildman–Crippen MR) is 120 cm³/mol. The van der Waals surface area contributed by atoms with Crippen LogP contribution in [0.5, 0.6) is 5.75 Å². The van der Waals surface area contributed by atoms with Crippen LogP contribution in [-0.2, 0) is 0 Å². The Bertz CT molecular complexity index is 808. The molecule has 0 fully saturated rings. The SMILES string of the molecule is CCN(CC)CCOc1ccc(C=C(c2ccccc2)c2ccccc2)cc1. The van der Waals surface area contributed by atoms with Crippen molar-refractivity contribution in [3.8, 4) is 5.75 Å². The molecule has 0 aliphatic heterocycles. The second-order valence-electron chi connectivity index (χ2n) is 6.73. The average molecular weight is 372 g/mol. The minimum Gasteiger partial charge on any atom is -0.492 e. The van der Waals surface area contributed by atoms with E-state index in [1.165, 1.54) is 22.3 Å². The second-order valence-corrected chi connectivity index (χ2v) is 6.73. The first-order chi connectivity index (χ1) is 13.8. The zero-order valence-corrected chi connectivity index (χ0v) is 16.8. The molecule has 0 saturated heterocycles. The van der Waals surface area contributed by atoms with Crippen LogP contribution in [0.25, 0.3) is 11.6 Å². The van der Waals surface area contributed by atoms with Crippen molar-refractivity contribution in [1.82, 2.24) is 4.90 Å². The van der Waals surface area contributed by atoms with Crippen molar-refractivity contribution in [2.45, 2.75) is 13.8 Å². The maximum atomic E-state index is 5.91. The number of nitrogens with zero attached hydrogens (tertiary/aromatic N) is 1. The van der Waals surface area contributed by atoms with Crippen molar-refractivity contribution in [1.29, 1.82) is 0 Å². The number of rotatable bonds is 9. The highest BCUT2D eigenvalue weighted by Crippen LogP contribution is 2.26. The monoisotopic (exact) mass is 371 g/mol. The molecule has 0 aliphatic rings. The molecule has 3 rings (SSSR count). The summed E-state index contributed by atoms with van der Waals surface area (Å²) in [6.45, 7) is 8.16. The van der Waals surface area contributed by atoms with Gasteiger partial charge in [-0.15, -0.1) is 0 Å². The molecule has 0 spiro atoms. The lowest BCUT2D eigenvalue weighted by atomic mass is 9.96. The zero-order chi connectivity index (χ0) is 19.6. The van der Waals surface area contributed by atoms with E-state index >= 15 is 0 Å². The number of likely N-dealkylation sites (N-methyl/N-ethyl adjacent to an activating group) is 1. The Morgan fingerprint density at radius 1 is 0.750 bits per heavy atom. The summed E-state index contributed by atoms with van der Waals surface area (Å²) in [5.41, 5.74) is 4.82. The van der Waals surface area contributed by atoms with Crippen LogP contribution in [0.15, 0.2) is 84.9 Å². The number of benzene rings is 3. The summed E-state index contributed by atoms with van der Waals surface area (Å²) in [6, 6.07) is 29.4. The lowest BCUT2D eigenvalue weighted by Crippen LogP contribution is -2.27. The Morgan fingerprint density at radius 3 is 1.79 bits per heavy atom. The first-order valence-corrected chi connectivity index (χ1v) is 10.1. The molecule has 0 unspecified atom stereocenters. The van der Waals surface area contributed by atoms with E-state index in [4.69, 9.17) is 4.74 Å². The number of hydrogen-bond acceptors (Lipinski definition) is 2. The Kier molecular flexibility index (Phi) is 7.45. The van der Waals surface area contributed by atoms with E-state index in [1.54, 1.807) is 0 Å². The highest BCUT2D eigenvalue weighted by atomic mass is 16.5. The summed E-state index contributed by atoms with van der Waals surface area (Å²) in [5.74, 6) is 0.922. The summed E-state index contributed by atoms with van der Waals surface area (Å²) >= 11 is 0. The van der Waals surface area contributed by atoms with Gasteiger partial charge in [-0.05, 0) is 53.6 Å². The van der Waals surface area contributed by atoms with E-state index in [1.807, 2.05) is 0 Å². The van der Waals surface area contributed by atoms with Crippen LogP contribution >= 0.6 is 0 Å². The van der Waals surface area contributed by atoms with Crippen LogP contribution in [0, 0.1) is 0 Å². The summed E-state index contributed by atoms with van der Waals surface area (Å²) in [6.07, 6.45) is 2.24. The molecule has 0 bridgehead atoms.